The molecule has 1 N–H and O–H groups in total. The van der Waals surface area contributed by atoms with E-state index in [9.17, 15) is 0 Å². The lowest BCUT2D eigenvalue weighted by Gasteiger charge is -2.20. The first-order valence-electron chi connectivity index (χ1n) is 5.88. The Labute approximate surface area is 110 Å². The molecule has 4 heteroatoms. The third kappa shape index (κ3) is 2.57. The van der Waals surface area contributed by atoms with Crippen LogP contribution in [0.3, 0.4) is 0 Å². The van der Waals surface area contributed by atoms with E-state index >= 15 is 0 Å². The van der Waals surface area contributed by atoms with Gasteiger partial charge in [0.1, 0.15) is 6.26 Å². The molecule has 0 amide bonds. The number of ether oxygens (including phenoxy) is 1. The summed E-state index contributed by atoms with van der Waals surface area (Å²) < 4.78 is 10.2. The van der Waals surface area contributed by atoms with Crippen LogP contribution in [0.4, 0.5) is 11.4 Å². The van der Waals surface area contributed by atoms with Gasteiger partial charge in [-0.1, -0.05) is 24.3 Å². The number of hydrogen-bond donors (Lipinski definition) is 1. The van der Waals surface area contributed by atoms with Gasteiger partial charge in [0.05, 0.1) is 17.6 Å². The van der Waals surface area contributed by atoms with E-state index in [0.29, 0.717) is 0 Å². The van der Waals surface area contributed by atoms with Crippen LogP contribution >= 0.6 is 0 Å². The molecule has 19 heavy (non-hydrogen) atoms. The van der Waals surface area contributed by atoms with E-state index in [1.54, 1.807) is 6.20 Å². The van der Waals surface area contributed by atoms with Crippen molar-refractivity contribution in [3.8, 4) is 11.5 Å². The molecule has 0 bridgehead atoms. The maximum atomic E-state index is 5.71. The molecule has 2 heterocycles. The fourth-order valence-corrected chi connectivity index (χ4v) is 1.76. The van der Waals surface area contributed by atoms with Gasteiger partial charge in [0.15, 0.2) is 17.9 Å². The predicted octanol–water partition coefficient (Wildman–Crippen LogP) is 4.21. The molecule has 0 saturated carbocycles. The lowest BCUT2D eigenvalue weighted by Crippen LogP contribution is -2.01. The van der Waals surface area contributed by atoms with Gasteiger partial charge in [-0.3, -0.25) is 0 Å². The van der Waals surface area contributed by atoms with Crippen molar-refractivity contribution in [2.75, 3.05) is 5.32 Å². The van der Waals surface area contributed by atoms with Gasteiger partial charge in [-0.2, -0.15) is 0 Å². The third-order valence-electron chi connectivity index (χ3n) is 2.61. The number of hydrogen-bond acceptors (Lipinski definition) is 4. The van der Waals surface area contributed by atoms with E-state index in [-0.39, 0.29) is 0 Å². The lowest BCUT2D eigenvalue weighted by atomic mass is 10.2. The number of fused-ring (bicyclic) bond motifs is 2. The Morgan fingerprint density at radius 3 is 1.95 bits per heavy atom. The molecule has 4 nitrogen and oxygen atoms in total. The molecule has 1 aliphatic heterocycles. The Hall–Kier alpha value is -2.75. The van der Waals surface area contributed by atoms with Crippen molar-refractivity contribution in [1.29, 1.82) is 0 Å². The Balaban J connectivity index is 0.000000187. The van der Waals surface area contributed by atoms with Crippen LogP contribution in [0, 0.1) is 0 Å². The molecule has 1 aliphatic rings. The number of nitrogens with zero attached hydrogens (tertiary/aromatic N) is 1. The molecule has 4 rings (SSSR count). The molecule has 0 spiro atoms. The highest BCUT2D eigenvalue weighted by molar-refractivity contribution is 5.75. The molecule has 0 aliphatic carbocycles. The molecule has 94 valence electrons. The van der Waals surface area contributed by atoms with Crippen LogP contribution in [-0.4, -0.2) is 4.98 Å². The van der Waals surface area contributed by atoms with E-state index in [2.05, 4.69) is 14.7 Å². The summed E-state index contributed by atoms with van der Waals surface area (Å²) in [5.74, 6) is 1.76. The SMILES string of the molecule is c1ccc2c(c1)Nc1ccccc1O2.c1cocn1. The average molecular weight is 252 g/mol. The highest BCUT2D eigenvalue weighted by Gasteiger charge is 2.13. The monoisotopic (exact) mass is 252 g/mol. The number of aromatic nitrogens is 1. The van der Waals surface area contributed by atoms with Crippen molar-refractivity contribution in [1.82, 2.24) is 4.98 Å². The third-order valence-corrected chi connectivity index (χ3v) is 2.61. The summed E-state index contributed by atoms with van der Waals surface area (Å²) in [7, 11) is 0. The van der Waals surface area contributed by atoms with Crippen molar-refractivity contribution >= 4 is 11.4 Å². The molecule has 0 radical (unpaired) electrons. The highest BCUT2D eigenvalue weighted by atomic mass is 16.5. The minimum absolute atomic E-state index is 0.881. The van der Waals surface area contributed by atoms with Gasteiger partial charge in [0.2, 0.25) is 0 Å². The zero-order valence-electron chi connectivity index (χ0n) is 10.1. The summed E-state index contributed by atoms with van der Waals surface area (Å²) in [4.78, 5) is 3.56. The molecule has 3 aromatic rings. The maximum absolute atomic E-state index is 5.71. The van der Waals surface area contributed by atoms with E-state index in [4.69, 9.17) is 4.74 Å². The number of anilines is 2. The fourth-order valence-electron chi connectivity index (χ4n) is 1.76. The maximum Gasteiger partial charge on any atom is 0.180 e. The normalized spacial score (nSPS) is 10.9. The Bertz CT molecular complexity index is 546. The van der Waals surface area contributed by atoms with Crippen LogP contribution in [0.2, 0.25) is 0 Å². The van der Waals surface area contributed by atoms with Gasteiger partial charge in [-0.25, -0.2) is 4.98 Å². The van der Waals surface area contributed by atoms with Crippen LogP contribution < -0.4 is 10.1 Å². The first-order valence-corrected chi connectivity index (χ1v) is 5.88. The summed E-state index contributed by atoms with van der Waals surface area (Å²) in [6.45, 7) is 0. The van der Waals surface area contributed by atoms with Gasteiger partial charge in [-0.15, -0.1) is 0 Å². The van der Waals surface area contributed by atoms with Gasteiger partial charge < -0.3 is 14.5 Å². The zero-order chi connectivity index (χ0) is 12.9. The second-order valence-electron chi connectivity index (χ2n) is 3.90. The molecule has 0 saturated heterocycles. The number of benzene rings is 2. The number of oxazole rings is 1. The van der Waals surface area contributed by atoms with Crippen LogP contribution in [0.1, 0.15) is 0 Å². The minimum atomic E-state index is 0.881. The Morgan fingerprint density at radius 2 is 1.47 bits per heavy atom. The molecule has 0 atom stereocenters. The zero-order valence-corrected chi connectivity index (χ0v) is 10.1. The molecular formula is C15H12N2O2. The van der Waals surface area contributed by atoms with E-state index in [1.165, 1.54) is 12.7 Å². The van der Waals surface area contributed by atoms with Crippen molar-refractivity contribution in [3.63, 3.8) is 0 Å². The molecule has 2 aromatic carbocycles. The number of nitrogens with one attached hydrogen (secondary N) is 1. The van der Waals surface area contributed by atoms with Gasteiger partial charge in [0, 0.05) is 0 Å². The van der Waals surface area contributed by atoms with Gasteiger partial charge in [-0.05, 0) is 24.3 Å². The fraction of sp³-hybridized carbons (Fsp3) is 0. The van der Waals surface area contributed by atoms with Crippen molar-refractivity contribution < 1.29 is 9.15 Å². The van der Waals surface area contributed by atoms with Crippen LogP contribution in [0.15, 0.2) is 71.8 Å². The Kier molecular flexibility index (Phi) is 3.14. The van der Waals surface area contributed by atoms with Crippen molar-refractivity contribution in [2.45, 2.75) is 0 Å². The topological polar surface area (TPSA) is 47.3 Å². The average Bonchev–Trinajstić information content (AvgIpc) is 3.04. The molecule has 0 unspecified atom stereocenters. The van der Waals surface area contributed by atoms with Crippen LogP contribution in [0.5, 0.6) is 11.5 Å². The van der Waals surface area contributed by atoms with Gasteiger partial charge in [0.25, 0.3) is 0 Å². The molecule has 1 aromatic heterocycles. The summed E-state index contributed by atoms with van der Waals surface area (Å²) in [6.07, 6.45) is 4.47. The predicted molar refractivity (Wildman–Crippen MR) is 72.7 cm³/mol. The van der Waals surface area contributed by atoms with Crippen LogP contribution in [0.25, 0.3) is 0 Å². The largest absolute Gasteiger partial charge is 0.453 e. The molecule has 0 fully saturated rings. The number of para-hydroxylation sites is 4. The summed E-state index contributed by atoms with van der Waals surface area (Å²) in [5, 5.41) is 3.32. The second-order valence-corrected chi connectivity index (χ2v) is 3.90. The first kappa shape index (κ1) is 11.3. The lowest BCUT2D eigenvalue weighted by molar-refractivity contribution is 0.481. The van der Waals surface area contributed by atoms with E-state index in [1.807, 2.05) is 48.5 Å². The van der Waals surface area contributed by atoms with Crippen LogP contribution in [-0.2, 0) is 0 Å². The molecular weight excluding hydrogens is 240 g/mol. The summed E-state index contributed by atoms with van der Waals surface area (Å²) >= 11 is 0. The first-order chi connectivity index (χ1) is 9.43. The van der Waals surface area contributed by atoms with Crippen molar-refractivity contribution in [2.24, 2.45) is 0 Å². The number of rotatable bonds is 0. The standard InChI is InChI=1S/C12H9NO.C3H3NO/c1-3-7-11-9(5-1)13-10-6-2-4-8-12(10)14-11;1-2-5-3-4-1/h1-8,13H;1-3H. The Morgan fingerprint density at radius 1 is 0.842 bits per heavy atom. The minimum Gasteiger partial charge on any atom is -0.453 e. The second kappa shape index (κ2) is 5.27. The highest BCUT2D eigenvalue weighted by Crippen LogP contribution is 2.40. The quantitative estimate of drug-likeness (QED) is 0.509. The smallest absolute Gasteiger partial charge is 0.180 e. The van der Waals surface area contributed by atoms with E-state index in [0.717, 1.165) is 22.9 Å². The van der Waals surface area contributed by atoms with Crippen molar-refractivity contribution in [3.05, 3.63) is 67.4 Å². The van der Waals surface area contributed by atoms with E-state index < -0.39 is 0 Å². The van der Waals surface area contributed by atoms with Gasteiger partial charge >= 0.3 is 0 Å². The summed E-state index contributed by atoms with van der Waals surface area (Å²) in [6, 6.07) is 15.8. The summed E-state index contributed by atoms with van der Waals surface area (Å²) in [5.41, 5.74) is 2.04.